The van der Waals surface area contributed by atoms with Crippen molar-refractivity contribution >= 4 is 43.2 Å². The highest BCUT2D eigenvalue weighted by Gasteiger charge is 2.30. The van der Waals surface area contributed by atoms with Crippen LogP contribution in [0.5, 0.6) is 11.5 Å². The maximum atomic E-state index is 13.1. The number of hydrogen-bond acceptors (Lipinski definition) is 8. The molecule has 0 saturated heterocycles. The minimum atomic E-state index is -4.23. The molecule has 1 heterocycles. The van der Waals surface area contributed by atoms with Crippen LogP contribution >= 0.6 is 11.3 Å². The van der Waals surface area contributed by atoms with Crippen molar-refractivity contribution in [2.45, 2.75) is 11.8 Å². The van der Waals surface area contributed by atoms with E-state index in [9.17, 15) is 18.0 Å². The Balaban J connectivity index is 2.15. The molecule has 27 heavy (non-hydrogen) atoms. The van der Waals surface area contributed by atoms with Gasteiger partial charge >= 0.3 is 4.94 Å². The SMILES string of the molecule is COc1ccc(S(=O)(=O)N(C(C)=O)c2ccc3oc(=O)sc3c2)cc1OC. The maximum absolute atomic E-state index is 13.1. The molecular formula is C17H15NO7S2. The summed E-state index contributed by atoms with van der Waals surface area (Å²) in [5, 5.41) is 0. The third kappa shape index (κ3) is 3.40. The molecule has 0 fully saturated rings. The van der Waals surface area contributed by atoms with Crippen molar-refractivity contribution in [3.8, 4) is 11.5 Å². The summed E-state index contributed by atoms with van der Waals surface area (Å²) in [7, 11) is -1.42. The van der Waals surface area contributed by atoms with E-state index in [4.69, 9.17) is 13.9 Å². The number of nitrogens with zero attached hydrogens (tertiary/aromatic N) is 1. The Morgan fingerprint density at radius 2 is 1.78 bits per heavy atom. The van der Waals surface area contributed by atoms with E-state index in [0.29, 0.717) is 20.3 Å². The fraction of sp³-hybridized carbons (Fsp3) is 0.176. The van der Waals surface area contributed by atoms with E-state index in [1.54, 1.807) is 0 Å². The Hall–Kier alpha value is -2.85. The summed E-state index contributed by atoms with van der Waals surface area (Å²) in [6.07, 6.45) is 0. The molecule has 2 aromatic carbocycles. The van der Waals surface area contributed by atoms with Crippen LogP contribution in [0.4, 0.5) is 5.69 Å². The highest BCUT2D eigenvalue weighted by Crippen LogP contribution is 2.33. The number of hydrogen-bond donors (Lipinski definition) is 0. The predicted molar refractivity (Wildman–Crippen MR) is 100 cm³/mol. The van der Waals surface area contributed by atoms with Gasteiger partial charge in [-0.25, -0.2) is 17.5 Å². The van der Waals surface area contributed by atoms with Gasteiger partial charge in [-0.2, -0.15) is 0 Å². The summed E-state index contributed by atoms with van der Waals surface area (Å²) in [6, 6.07) is 8.31. The number of amides is 1. The van der Waals surface area contributed by atoms with Crippen molar-refractivity contribution in [1.29, 1.82) is 0 Å². The molecule has 0 aliphatic heterocycles. The zero-order valence-corrected chi connectivity index (χ0v) is 16.2. The third-order valence-electron chi connectivity index (χ3n) is 3.73. The Kier molecular flexibility index (Phi) is 4.94. The molecule has 0 radical (unpaired) electrons. The van der Waals surface area contributed by atoms with Crippen LogP contribution in [0.1, 0.15) is 6.92 Å². The van der Waals surface area contributed by atoms with Crippen LogP contribution in [-0.2, 0) is 14.8 Å². The number of sulfonamides is 1. The summed E-state index contributed by atoms with van der Waals surface area (Å²) in [6.45, 7) is 1.14. The predicted octanol–water partition coefficient (Wildman–Crippen LogP) is 2.61. The van der Waals surface area contributed by atoms with Gasteiger partial charge in [-0.05, 0) is 30.3 Å². The van der Waals surface area contributed by atoms with Crippen LogP contribution in [0.15, 0.2) is 50.5 Å². The van der Waals surface area contributed by atoms with Gasteiger partial charge in [0.1, 0.15) is 5.58 Å². The van der Waals surface area contributed by atoms with Crippen molar-refractivity contribution in [3.05, 3.63) is 46.1 Å². The fourth-order valence-corrected chi connectivity index (χ4v) is 4.70. The normalized spacial score (nSPS) is 11.4. The molecule has 0 aliphatic carbocycles. The summed E-state index contributed by atoms with van der Waals surface area (Å²) < 4.78 is 42.5. The number of fused-ring (bicyclic) bond motifs is 1. The van der Waals surface area contributed by atoms with Crippen molar-refractivity contribution < 1.29 is 27.1 Å². The van der Waals surface area contributed by atoms with Gasteiger partial charge in [0.2, 0.25) is 5.91 Å². The minimum Gasteiger partial charge on any atom is -0.493 e. The molecule has 3 aromatic rings. The number of carbonyl (C=O) groups is 1. The van der Waals surface area contributed by atoms with Crippen molar-refractivity contribution in [3.63, 3.8) is 0 Å². The van der Waals surface area contributed by atoms with E-state index < -0.39 is 20.9 Å². The Labute approximate surface area is 158 Å². The quantitative estimate of drug-likeness (QED) is 0.638. The molecule has 8 nitrogen and oxygen atoms in total. The Morgan fingerprint density at radius 3 is 2.41 bits per heavy atom. The first kappa shape index (κ1) is 18.9. The lowest BCUT2D eigenvalue weighted by Gasteiger charge is -2.21. The van der Waals surface area contributed by atoms with Crippen molar-refractivity contribution in [2.75, 3.05) is 18.5 Å². The van der Waals surface area contributed by atoms with E-state index in [0.717, 1.165) is 18.3 Å². The number of carbonyl (C=O) groups excluding carboxylic acids is 1. The number of ether oxygens (including phenoxy) is 2. The average Bonchev–Trinajstić information content (AvgIpc) is 2.99. The number of methoxy groups -OCH3 is 2. The molecule has 0 unspecified atom stereocenters. The molecule has 0 spiro atoms. The average molecular weight is 409 g/mol. The van der Waals surface area contributed by atoms with Gasteiger partial charge in [0.15, 0.2) is 11.5 Å². The minimum absolute atomic E-state index is 0.0989. The van der Waals surface area contributed by atoms with Gasteiger partial charge in [-0.15, -0.1) is 0 Å². The lowest BCUT2D eigenvalue weighted by molar-refractivity contribution is -0.115. The van der Waals surface area contributed by atoms with E-state index in [-0.39, 0.29) is 16.3 Å². The molecule has 0 saturated carbocycles. The van der Waals surface area contributed by atoms with Crippen LogP contribution in [0.2, 0.25) is 0 Å². The molecule has 0 atom stereocenters. The molecular weight excluding hydrogens is 394 g/mol. The summed E-state index contributed by atoms with van der Waals surface area (Å²) >= 11 is 0.821. The van der Waals surface area contributed by atoms with Crippen LogP contribution in [0, 0.1) is 0 Å². The summed E-state index contributed by atoms with van der Waals surface area (Å²) in [5.74, 6) is -0.138. The third-order valence-corrected chi connectivity index (χ3v) is 6.31. The molecule has 0 N–H and O–H groups in total. The van der Waals surface area contributed by atoms with E-state index in [2.05, 4.69) is 0 Å². The van der Waals surface area contributed by atoms with Gasteiger partial charge in [-0.1, -0.05) is 11.3 Å². The zero-order valence-electron chi connectivity index (χ0n) is 14.6. The van der Waals surface area contributed by atoms with Crippen LogP contribution in [0.3, 0.4) is 0 Å². The zero-order chi connectivity index (χ0) is 19.8. The molecule has 3 rings (SSSR count). The highest BCUT2D eigenvalue weighted by molar-refractivity contribution is 7.93. The van der Waals surface area contributed by atoms with Gasteiger partial charge in [0.25, 0.3) is 10.0 Å². The maximum Gasteiger partial charge on any atom is 0.396 e. The first-order chi connectivity index (χ1) is 12.8. The van der Waals surface area contributed by atoms with Gasteiger partial charge in [0.05, 0.1) is 29.5 Å². The molecule has 10 heteroatoms. The summed E-state index contributed by atoms with van der Waals surface area (Å²) in [4.78, 5) is 22.9. The lowest BCUT2D eigenvalue weighted by atomic mass is 10.3. The van der Waals surface area contributed by atoms with E-state index >= 15 is 0 Å². The monoisotopic (exact) mass is 409 g/mol. The van der Waals surface area contributed by atoms with Crippen molar-refractivity contribution in [2.24, 2.45) is 0 Å². The molecule has 1 amide bonds. The van der Waals surface area contributed by atoms with E-state index in [1.165, 1.54) is 50.6 Å². The number of benzene rings is 2. The highest BCUT2D eigenvalue weighted by atomic mass is 32.2. The summed E-state index contributed by atoms with van der Waals surface area (Å²) in [5.41, 5.74) is 0.419. The smallest absolute Gasteiger partial charge is 0.396 e. The van der Waals surface area contributed by atoms with E-state index in [1.807, 2.05) is 0 Å². The first-order valence-electron chi connectivity index (χ1n) is 7.59. The van der Waals surface area contributed by atoms with Crippen LogP contribution in [0.25, 0.3) is 10.3 Å². The van der Waals surface area contributed by atoms with Crippen molar-refractivity contribution in [1.82, 2.24) is 0 Å². The molecule has 0 bridgehead atoms. The number of anilines is 1. The largest absolute Gasteiger partial charge is 0.493 e. The second kappa shape index (κ2) is 7.05. The molecule has 0 aliphatic rings. The fourth-order valence-electron chi connectivity index (χ4n) is 2.56. The molecule has 1 aromatic heterocycles. The first-order valence-corrected chi connectivity index (χ1v) is 9.85. The van der Waals surface area contributed by atoms with Gasteiger partial charge in [-0.3, -0.25) is 4.79 Å². The lowest BCUT2D eigenvalue weighted by Crippen LogP contribution is -2.35. The van der Waals surface area contributed by atoms with Crippen LogP contribution in [-0.4, -0.2) is 28.5 Å². The second-order valence-electron chi connectivity index (χ2n) is 5.39. The van der Waals surface area contributed by atoms with Crippen LogP contribution < -0.4 is 18.7 Å². The van der Waals surface area contributed by atoms with Gasteiger partial charge in [0, 0.05) is 13.0 Å². The molecule has 142 valence electrons. The Morgan fingerprint density at radius 1 is 1.07 bits per heavy atom. The Bertz CT molecular complexity index is 1180. The topological polar surface area (TPSA) is 103 Å². The van der Waals surface area contributed by atoms with Gasteiger partial charge < -0.3 is 13.9 Å². The standard InChI is InChI=1S/C17H15NO7S2/c1-10(19)18(11-4-6-14-16(8-11)26-17(20)25-14)27(21,22)12-5-7-13(23-2)15(9-12)24-3/h4-9H,1-3H3. The second-order valence-corrected chi connectivity index (χ2v) is 8.15. The number of rotatable bonds is 5.